The van der Waals surface area contributed by atoms with Gasteiger partial charge >= 0.3 is 0 Å². The Hall–Kier alpha value is -1.96. The first kappa shape index (κ1) is 17.4. The lowest BCUT2D eigenvalue weighted by atomic mass is 9.68. The summed E-state index contributed by atoms with van der Waals surface area (Å²) in [5, 5.41) is 20.0. The second kappa shape index (κ2) is 6.66. The van der Waals surface area contributed by atoms with E-state index in [0.29, 0.717) is 17.4 Å². The molecule has 0 radical (unpaired) electrons. The van der Waals surface area contributed by atoms with Gasteiger partial charge in [-0.25, -0.2) is 0 Å². The molecule has 0 unspecified atom stereocenters. The fourth-order valence-electron chi connectivity index (χ4n) is 3.22. The molecular formula is C21H28O2. The van der Waals surface area contributed by atoms with E-state index in [4.69, 9.17) is 0 Å². The molecule has 0 saturated carbocycles. The summed E-state index contributed by atoms with van der Waals surface area (Å²) in [5.74, 6) is 1.11. The minimum Gasteiger partial charge on any atom is -0.508 e. The Bertz CT molecular complexity index is 633. The molecular weight excluding hydrogens is 284 g/mol. The third-order valence-corrected chi connectivity index (χ3v) is 5.27. The smallest absolute Gasteiger partial charge is 0.118 e. The van der Waals surface area contributed by atoms with Crippen LogP contribution in [0.4, 0.5) is 0 Å². The van der Waals surface area contributed by atoms with E-state index >= 15 is 0 Å². The van der Waals surface area contributed by atoms with Gasteiger partial charge in [-0.3, -0.25) is 0 Å². The summed E-state index contributed by atoms with van der Waals surface area (Å²) in [4.78, 5) is 0. The average molecular weight is 312 g/mol. The lowest BCUT2D eigenvalue weighted by molar-refractivity contribution is 0.401. The largest absolute Gasteiger partial charge is 0.508 e. The second-order valence-electron chi connectivity index (χ2n) is 6.75. The molecule has 0 amide bonds. The molecule has 0 aliphatic heterocycles. The molecule has 0 bridgehead atoms. The predicted molar refractivity (Wildman–Crippen MR) is 96.3 cm³/mol. The van der Waals surface area contributed by atoms with E-state index in [2.05, 4.69) is 46.8 Å². The summed E-state index contributed by atoms with van der Waals surface area (Å²) in [6, 6.07) is 11.9. The van der Waals surface area contributed by atoms with E-state index in [1.54, 1.807) is 12.1 Å². The molecule has 0 aliphatic carbocycles. The quantitative estimate of drug-likeness (QED) is 0.798. The van der Waals surface area contributed by atoms with Crippen LogP contribution in [0.2, 0.25) is 0 Å². The van der Waals surface area contributed by atoms with Crippen molar-refractivity contribution in [3.05, 3.63) is 58.7 Å². The van der Waals surface area contributed by atoms with Crippen LogP contribution in [-0.2, 0) is 18.3 Å². The van der Waals surface area contributed by atoms with Gasteiger partial charge in [0.1, 0.15) is 11.5 Å². The van der Waals surface area contributed by atoms with Crippen molar-refractivity contribution in [2.24, 2.45) is 5.92 Å². The maximum Gasteiger partial charge on any atom is 0.118 e. The summed E-state index contributed by atoms with van der Waals surface area (Å²) in [7, 11) is 0. The van der Waals surface area contributed by atoms with Crippen molar-refractivity contribution in [2.45, 2.75) is 52.9 Å². The van der Waals surface area contributed by atoms with Crippen LogP contribution >= 0.6 is 0 Å². The van der Waals surface area contributed by atoms with Crippen molar-refractivity contribution in [3.63, 3.8) is 0 Å². The molecule has 0 saturated heterocycles. The number of benzene rings is 2. The number of hydrogen-bond donors (Lipinski definition) is 2. The van der Waals surface area contributed by atoms with Crippen LogP contribution in [0.15, 0.2) is 36.4 Å². The Morgan fingerprint density at radius 1 is 0.826 bits per heavy atom. The van der Waals surface area contributed by atoms with Crippen molar-refractivity contribution in [1.29, 1.82) is 0 Å². The van der Waals surface area contributed by atoms with Crippen LogP contribution in [0.3, 0.4) is 0 Å². The molecule has 0 heterocycles. The first-order chi connectivity index (χ1) is 10.8. The molecule has 23 heavy (non-hydrogen) atoms. The number of aryl methyl sites for hydroxylation is 2. The van der Waals surface area contributed by atoms with Gasteiger partial charge in [0.25, 0.3) is 0 Å². The fraction of sp³-hybridized carbons (Fsp3) is 0.429. The molecule has 0 fully saturated rings. The zero-order chi connectivity index (χ0) is 17.2. The standard InChI is InChI=1S/C21H28O2/c1-6-15-12-17(8-10-19(15)22)21(5,14(3)4)18-9-11-20(23)16(7-2)13-18/h8-14,22-23H,6-7H2,1-5H3. The molecule has 2 aromatic carbocycles. The van der Waals surface area contributed by atoms with Gasteiger partial charge in [0.2, 0.25) is 0 Å². The fourth-order valence-corrected chi connectivity index (χ4v) is 3.22. The van der Waals surface area contributed by atoms with Crippen LogP contribution in [0.25, 0.3) is 0 Å². The van der Waals surface area contributed by atoms with Crippen molar-refractivity contribution < 1.29 is 10.2 Å². The maximum atomic E-state index is 10.00. The van der Waals surface area contributed by atoms with Gasteiger partial charge in [0.15, 0.2) is 0 Å². The van der Waals surface area contributed by atoms with Gasteiger partial charge in [-0.1, -0.05) is 58.9 Å². The van der Waals surface area contributed by atoms with Gasteiger partial charge in [-0.15, -0.1) is 0 Å². The minimum absolute atomic E-state index is 0.171. The molecule has 2 nitrogen and oxygen atoms in total. The van der Waals surface area contributed by atoms with E-state index in [-0.39, 0.29) is 5.41 Å². The summed E-state index contributed by atoms with van der Waals surface area (Å²) in [5.41, 5.74) is 4.19. The summed E-state index contributed by atoms with van der Waals surface area (Å²) >= 11 is 0. The van der Waals surface area contributed by atoms with Crippen molar-refractivity contribution in [1.82, 2.24) is 0 Å². The number of phenolic OH excluding ortho intramolecular Hbond substituents is 2. The van der Waals surface area contributed by atoms with Crippen LogP contribution < -0.4 is 0 Å². The van der Waals surface area contributed by atoms with Gasteiger partial charge in [0, 0.05) is 5.41 Å². The van der Waals surface area contributed by atoms with E-state index in [1.165, 1.54) is 11.1 Å². The molecule has 0 aromatic heterocycles. The molecule has 2 heteroatoms. The third-order valence-electron chi connectivity index (χ3n) is 5.27. The zero-order valence-electron chi connectivity index (χ0n) is 14.9. The molecule has 124 valence electrons. The Morgan fingerprint density at radius 3 is 1.52 bits per heavy atom. The number of aromatic hydroxyl groups is 2. The Morgan fingerprint density at radius 2 is 1.22 bits per heavy atom. The lowest BCUT2D eigenvalue weighted by Crippen LogP contribution is -2.30. The summed E-state index contributed by atoms with van der Waals surface area (Å²) in [6.07, 6.45) is 1.62. The van der Waals surface area contributed by atoms with Gasteiger partial charge in [-0.05, 0) is 53.1 Å². The van der Waals surface area contributed by atoms with E-state index in [9.17, 15) is 10.2 Å². The highest BCUT2D eigenvalue weighted by atomic mass is 16.3. The molecule has 2 rings (SSSR count). The molecule has 0 spiro atoms. The van der Waals surface area contributed by atoms with Crippen molar-refractivity contribution in [2.75, 3.05) is 0 Å². The van der Waals surface area contributed by atoms with Gasteiger partial charge in [-0.2, -0.15) is 0 Å². The van der Waals surface area contributed by atoms with Gasteiger partial charge in [0.05, 0.1) is 0 Å². The van der Waals surface area contributed by atoms with Crippen LogP contribution in [0.1, 0.15) is 56.9 Å². The zero-order valence-corrected chi connectivity index (χ0v) is 14.9. The average Bonchev–Trinajstić information content (AvgIpc) is 2.54. The summed E-state index contributed by atoms with van der Waals surface area (Å²) in [6.45, 7) is 10.8. The molecule has 0 atom stereocenters. The molecule has 2 N–H and O–H groups in total. The predicted octanol–water partition coefficient (Wildman–Crippen LogP) is 5.18. The Balaban J connectivity index is 2.64. The topological polar surface area (TPSA) is 40.5 Å². The lowest BCUT2D eigenvalue weighted by Gasteiger charge is -2.36. The normalized spacial score (nSPS) is 11.9. The highest BCUT2D eigenvalue weighted by molar-refractivity contribution is 5.48. The highest BCUT2D eigenvalue weighted by Crippen LogP contribution is 2.41. The second-order valence-corrected chi connectivity index (χ2v) is 6.75. The minimum atomic E-state index is -0.171. The first-order valence-corrected chi connectivity index (χ1v) is 8.49. The van der Waals surface area contributed by atoms with Gasteiger partial charge < -0.3 is 10.2 Å². The Labute approximate surface area is 139 Å². The van der Waals surface area contributed by atoms with Crippen LogP contribution in [0.5, 0.6) is 11.5 Å². The number of hydrogen-bond acceptors (Lipinski definition) is 2. The number of phenols is 2. The SMILES string of the molecule is CCc1cc(C(C)(c2ccc(O)c(CC)c2)C(C)C)ccc1O. The third kappa shape index (κ3) is 3.08. The first-order valence-electron chi connectivity index (χ1n) is 8.49. The highest BCUT2D eigenvalue weighted by Gasteiger charge is 2.33. The van der Waals surface area contributed by atoms with E-state index in [1.807, 2.05) is 12.1 Å². The summed E-state index contributed by atoms with van der Waals surface area (Å²) < 4.78 is 0. The molecule has 0 aliphatic rings. The monoisotopic (exact) mass is 312 g/mol. The van der Waals surface area contributed by atoms with E-state index < -0.39 is 0 Å². The van der Waals surface area contributed by atoms with Crippen molar-refractivity contribution in [3.8, 4) is 11.5 Å². The maximum absolute atomic E-state index is 10.00. The van der Waals surface area contributed by atoms with Crippen LogP contribution in [0, 0.1) is 5.92 Å². The van der Waals surface area contributed by atoms with Crippen molar-refractivity contribution >= 4 is 0 Å². The Kier molecular flexibility index (Phi) is 5.03. The van der Waals surface area contributed by atoms with Crippen LogP contribution in [-0.4, -0.2) is 10.2 Å². The molecule has 2 aromatic rings. The van der Waals surface area contributed by atoms with E-state index in [0.717, 1.165) is 24.0 Å². The number of rotatable bonds is 5.